The van der Waals surface area contributed by atoms with Gasteiger partial charge in [-0.25, -0.2) is 4.68 Å². The van der Waals surface area contributed by atoms with Crippen LogP contribution in [-0.4, -0.2) is 45.5 Å². The number of aliphatic imine (C=N–C) groups is 1. The highest BCUT2D eigenvalue weighted by Crippen LogP contribution is 2.08. The first-order valence-electron chi connectivity index (χ1n) is 9.15. The Balaban J connectivity index is 0.00000280. The molecule has 2 heterocycles. The Morgan fingerprint density at radius 3 is 2.64 bits per heavy atom. The lowest BCUT2D eigenvalue weighted by Crippen LogP contribution is -2.38. The molecule has 2 N–H and O–H groups in total. The zero-order valence-corrected chi connectivity index (χ0v) is 18.5. The Bertz CT molecular complexity index is 844. The van der Waals surface area contributed by atoms with E-state index in [1.807, 2.05) is 30.8 Å². The van der Waals surface area contributed by atoms with Crippen molar-refractivity contribution >= 4 is 29.9 Å². The van der Waals surface area contributed by atoms with Crippen molar-refractivity contribution in [3.63, 3.8) is 0 Å². The van der Waals surface area contributed by atoms with Crippen molar-refractivity contribution in [1.82, 2.24) is 30.6 Å². The highest BCUT2D eigenvalue weighted by atomic mass is 127. The highest BCUT2D eigenvalue weighted by molar-refractivity contribution is 14.0. The van der Waals surface area contributed by atoms with Crippen LogP contribution in [-0.2, 0) is 12.8 Å². The van der Waals surface area contributed by atoms with Gasteiger partial charge in [0.05, 0.1) is 12.2 Å². The number of hydrogen-bond acceptors (Lipinski definition) is 5. The molecule has 150 valence electrons. The van der Waals surface area contributed by atoms with E-state index < -0.39 is 0 Å². The van der Waals surface area contributed by atoms with Crippen LogP contribution in [0.1, 0.15) is 24.2 Å². The molecule has 0 bridgehead atoms. The number of halogens is 1. The van der Waals surface area contributed by atoms with E-state index in [2.05, 4.69) is 55.1 Å². The molecule has 28 heavy (non-hydrogen) atoms. The smallest absolute Gasteiger partial charge is 0.228 e. The highest BCUT2D eigenvalue weighted by Gasteiger charge is 2.03. The van der Waals surface area contributed by atoms with Crippen LogP contribution < -0.4 is 10.6 Å². The Morgan fingerprint density at radius 1 is 1.18 bits per heavy atom. The van der Waals surface area contributed by atoms with Crippen molar-refractivity contribution in [2.45, 2.75) is 26.7 Å². The molecule has 0 fully saturated rings. The lowest BCUT2D eigenvalue weighted by Gasteiger charge is -2.11. The zero-order chi connectivity index (χ0) is 18.9. The molecule has 0 atom stereocenters. The van der Waals surface area contributed by atoms with E-state index >= 15 is 0 Å². The fraction of sp³-hybridized carbons (Fsp3) is 0.368. The van der Waals surface area contributed by atoms with Gasteiger partial charge in [0, 0.05) is 31.9 Å². The Morgan fingerprint density at radius 2 is 2.00 bits per heavy atom. The van der Waals surface area contributed by atoms with E-state index in [0.29, 0.717) is 24.7 Å². The summed E-state index contributed by atoms with van der Waals surface area (Å²) in [7, 11) is 0. The van der Waals surface area contributed by atoms with E-state index in [-0.39, 0.29) is 24.0 Å². The summed E-state index contributed by atoms with van der Waals surface area (Å²) in [6.45, 7) is 6.06. The maximum Gasteiger partial charge on any atom is 0.228 e. The maximum atomic E-state index is 5.10. The second-order valence-electron chi connectivity index (χ2n) is 6.04. The van der Waals surface area contributed by atoms with Gasteiger partial charge in [-0.3, -0.25) is 4.99 Å². The van der Waals surface area contributed by atoms with Crippen molar-refractivity contribution in [2.75, 3.05) is 19.6 Å². The Labute approximate surface area is 181 Å². The second-order valence-corrected chi connectivity index (χ2v) is 6.04. The Hall–Kier alpha value is -2.43. The maximum absolute atomic E-state index is 5.10. The van der Waals surface area contributed by atoms with Gasteiger partial charge in [0.15, 0.2) is 11.8 Å². The first-order valence-corrected chi connectivity index (χ1v) is 9.15. The fourth-order valence-corrected chi connectivity index (χ4v) is 2.61. The topological polar surface area (TPSA) is 93.2 Å². The molecule has 0 amide bonds. The summed E-state index contributed by atoms with van der Waals surface area (Å²) in [5.41, 5.74) is 2.32. The van der Waals surface area contributed by atoms with Gasteiger partial charge in [-0.05, 0) is 44.0 Å². The number of benzene rings is 1. The van der Waals surface area contributed by atoms with E-state index in [1.54, 1.807) is 6.20 Å². The summed E-state index contributed by atoms with van der Waals surface area (Å²) in [5, 5.41) is 14.6. The molecule has 1 aromatic carbocycles. The summed E-state index contributed by atoms with van der Waals surface area (Å²) < 4.78 is 6.95. The van der Waals surface area contributed by atoms with Crippen molar-refractivity contribution in [3.05, 3.63) is 60.0 Å². The van der Waals surface area contributed by atoms with Crippen LogP contribution in [0, 0.1) is 6.92 Å². The SMILES string of the molecule is CCNC(=NCCc1nc(C)no1)NCCc1ccc(-n2cccn2)cc1.I. The Kier molecular flexibility index (Phi) is 8.92. The standard InChI is InChI=1S/C19H25N7O.HI/c1-3-20-19(22-13-10-18-24-15(2)25-27-18)21-12-9-16-5-7-17(8-6-16)26-14-4-11-23-26;/h4-8,11,14H,3,9-10,12-13H2,1-2H3,(H2,20,21,22);1H. The number of nitrogens with zero attached hydrogens (tertiary/aromatic N) is 5. The molecule has 0 aliphatic heterocycles. The van der Waals surface area contributed by atoms with Crippen molar-refractivity contribution in [3.8, 4) is 5.69 Å². The van der Waals surface area contributed by atoms with Crippen LogP contribution in [0.5, 0.6) is 0 Å². The summed E-state index contributed by atoms with van der Waals surface area (Å²) >= 11 is 0. The van der Waals surface area contributed by atoms with Gasteiger partial charge in [-0.2, -0.15) is 10.1 Å². The van der Waals surface area contributed by atoms with Crippen molar-refractivity contribution < 1.29 is 4.52 Å². The van der Waals surface area contributed by atoms with Crippen molar-refractivity contribution in [1.29, 1.82) is 0 Å². The zero-order valence-electron chi connectivity index (χ0n) is 16.1. The molecule has 0 saturated carbocycles. The van der Waals surface area contributed by atoms with Gasteiger partial charge >= 0.3 is 0 Å². The second kappa shape index (κ2) is 11.4. The average molecular weight is 495 g/mol. The molecule has 0 aliphatic carbocycles. The van der Waals surface area contributed by atoms with Crippen LogP contribution >= 0.6 is 24.0 Å². The predicted molar refractivity (Wildman–Crippen MR) is 119 cm³/mol. The average Bonchev–Trinajstić information content (AvgIpc) is 3.34. The minimum Gasteiger partial charge on any atom is -0.357 e. The first kappa shape index (κ1) is 21.9. The van der Waals surface area contributed by atoms with Gasteiger partial charge in [-0.1, -0.05) is 17.3 Å². The van der Waals surface area contributed by atoms with Gasteiger partial charge in [0.25, 0.3) is 0 Å². The third-order valence-electron chi connectivity index (χ3n) is 3.92. The molecule has 0 spiro atoms. The molecule has 3 aromatic rings. The minimum atomic E-state index is 0. The lowest BCUT2D eigenvalue weighted by atomic mass is 10.1. The van der Waals surface area contributed by atoms with E-state index in [0.717, 1.165) is 31.2 Å². The molecular formula is C19H26IN7O. The summed E-state index contributed by atoms with van der Waals surface area (Å²) in [4.78, 5) is 8.74. The monoisotopic (exact) mass is 495 g/mol. The van der Waals surface area contributed by atoms with Crippen molar-refractivity contribution in [2.24, 2.45) is 4.99 Å². The quantitative estimate of drug-likeness (QED) is 0.284. The van der Waals surface area contributed by atoms with E-state index in [1.165, 1.54) is 5.56 Å². The first-order chi connectivity index (χ1) is 13.2. The molecular weight excluding hydrogens is 469 g/mol. The lowest BCUT2D eigenvalue weighted by molar-refractivity contribution is 0.376. The third kappa shape index (κ3) is 6.63. The van der Waals surface area contributed by atoms with Crippen LogP contribution in [0.25, 0.3) is 5.69 Å². The molecule has 9 heteroatoms. The number of nitrogens with one attached hydrogen (secondary N) is 2. The molecule has 0 aliphatic rings. The minimum absolute atomic E-state index is 0. The van der Waals surface area contributed by atoms with Crippen LogP contribution in [0.4, 0.5) is 0 Å². The molecule has 0 radical (unpaired) electrons. The van der Waals surface area contributed by atoms with Crippen LogP contribution in [0.15, 0.2) is 52.2 Å². The summed E-state index contributed by atoms with van der Waals surface area (Å²) in [5.74, 6) is 2.06. The molecule has 0 saturated heterocycles. The molecule has 8 nitrogen and oxygen atoms in total. The van der Waals surface area contributed by atoms with Gasteiger partial charge in [0.1, 0.15) is 0 Å². The van der Waals surface area contributed by atoms with Crippen LogP contribution in [0.2, 0.25) is 0 Å². The number of aromatic nitrogens is 4. The number of guanidine groups is 1. The molecule has 0 unspecified atom stereocenters. The fourth-order valence-electron chi connectivity index (χ4n) is 2.61. The summed E-state index contributed by atoms with van der Waals surface area (Å²) in [6.07, 6.45) is 5.25. The molecule has 2 aromatic heterocycles. The third-order valence-corrected chi connectivity index (χ3v) is 3.92. The summed E-state index contributed by atoms with van der Waals surface area (Å²) in [6, 6.07) is 10.3. The van der Waals surface area contributed by atoms with Gasteiger partial charge < -0.3 is 15.2 Å². The van der Waals surface area contributed by atoms with E-state index in [9.17, 15) is 0 Å². The number of hydrogen-bond donors (Lipinski definition) is 2. The number of aryl methyl sites for hydroxylation is 1. The van der Waals surface area contributed by atoms with E-state index in [4.69, 9.17) is 4.52 Å². The van der Waals surface area contributed by atoms with Gasteiger partial charge in [-0.15, -0.1) is 24.0 Å². The predicted octanol–water partition coefficient (Wildman–Crippen LogP) is 2.52. The largest absolute Gasteiger partial charge is 0.357 e. The van der Waals surface area contributed by atoms with Crippen LogP contribution in [0.3, 0.4) is 0 Å². The molecule has 3 rings (SSSR count). The number of rotatable bonds is 8. The normalized spacial score (nSPS) is 11.1. The van der Waals surface area contributed by atoms with Gasteiger partial charge in [0.2, 0.25) is 5.89 Å².